The SMILES string of the molecule is O=C(Nc1cc(-c2nc3ccccc3s2)ccc1Cl)c1ccc(-c2ccc(Cl)cc2Cl)o1. The van der Waals surface area contributed by atoms with Gasteiger partial charge in [-0.2, -0.15) is 0 Å². The highest BCUT2D eigenvalue weighted by Crippen LogP contribution is 2.35. The number of anilines is 1. The third kappa shape index (κ3) is 4.12. The van der Waals surface area contributed by atoms with Crippen molar-refractivity contribution in [2.45, 2.75) is 0 Å². The van der Waals surface area contributed by atoms with Crippen molar-refractivity contribution in [3.8, 4) is 21.9 Å². The van der Waals surface area contributed by atoms with Crippen LogP contribution in [-0.2, 0) is 0 Å². The molecule has 3 aromatic carbocycles. The maximum absolute atomic E-state index is 12.8. The Morgan fingerprint density at radius 1 is 0.906 bits per heavy atom. The number of nitrogens with one attached hydrogen (secondary N) is 1. The Balaban J connectivity index is 1.41. The summed E-state index contributed by atoms with van der Waals surface area (Å²) in [4.78, 5) is 17.5. The van der Waals surface area contributed by atoms with Crippen molar-refractivity contribution >= 4 is 68.0 Å². The van der Waals surface area contributed by atoms with Crippen LogP contribution in [0.25, 0.3) is 32.1 Å². The van der Waals surface area contributed by atoms with Gasteiger partial charge in [0.05, 0.1) is 25.9 Å². The highest BCUT2D eigenvalue weighted by Gasteiger charge is 2.16. The number of carbonyl (C=O) groups excluding carboxylic acids is 1. The van der Waals surface area contributed by atoms with E-state index in [0.29, 0.717) is 32.1 Å². The highest BCUT2D eigenvalue weighted by atomic mass is 35.5. The van der Waals surface area contributed by atoms with Crippen LogP contribution in [0, 0.1) is 0 Å². The molecule has 2 aromatic heterocycles. The summed E-state index contributed by atoms with van der Waals surface area (Å²) in [5, 5.41) is 5.03. The van der Waals surface area contributed by atoms with Crippen molar-refractivity contribution in [2.75, 3.05) is 5.32 Å². The van der Waals surface area contributed by atoms with Crippen LogP contribution in [0.15, 0.2) is 77.2 Å². The predicted octanol–water partition coefficient (Wildman–Crippen LogP) is 8.44. The molecule has 0 aliphatic heterocycles. The zero-order valence-electron chi connectivity index (χ0n) is 16.2. The second kappa shape index (κ2) is 8.60. The summed E-state index contributed by atoms with van der Waals surface area (Å²) >= 11 is 20.1. The van der Waals surface area contributed by atoms with E-state index in [1.807, 2.05) is 30.3 Å². The van der Waals surface area contributed by atoms with E-state index in [0.717, 1.165) is 20.8 Å². The van der Waals surface area contributed by atoms with Gasteiger partial charge in [-0.05, 0) is 54.6 Å². The number of furan rings is 1. The lowest BCUT2D eigenvalue weighted by atomic mass is 10.2. The topological polar surface area (TPSA) is 55.1 Å². The molecule has 0 aliphatic carbocycles. The first kappa shape index (κ1) is 21.0. The summed E-state index contributed by atoms with van der Waals surface area (Å²) in [6.45, 7) is 0. The van der Waals surface area contributed by atoms with Crippen molar-refractivity contribution in [3.05, 3.63) is 93.6 Å². The van der Waals surface area contributed by atoms with Gasteiger partial charge in [0.15, 0.2) is 5.76 Å². The maximum Gasteiger partial charge on any atom is 0.291 e. The van der Waals surface area contributed by atoms with Gasteiger partial charge in [0.1, 0.15) is 10.8 Å². The van der Waals surface area contributed by atoms with Gasteiger partial charge in [-0.15, -0.1) is 11.3 Å². The fraction of sp³-hybridized carbons (Fsp3) is 0. The van der Waals surface area contributed by atoms with Gasteiger partial charge in [-0.25, -0.2) is 4.98 Å². The summed E-state index contributed by atoms with van der Waals surface area (Å²) in [5.41, 5.74) is 2.90. The molecule has 32 heavy (non-hydrogen) atoms. The number of halogens is 3. The van der Waals surface area contributed by atoms with E-state index < -0.39 is 5.91 Å². The molecule has 0 saturated carbocycles. The van der Waals surface area contributed by atoms with Gasteiger partial charge in [0.25, 0.3) is 5.91 Å². The van der Waals surface area contributed by atoms with Crippen LogP contribution >= 0.6 is 46.1 Å². The van der Waals surface area contributed by atoms with E-state index in [9.17, 15) is 4.79 Å². The van der Waals surface area contributed by atoms with Crippen LogP contribution in [0.3, 0.4) is 0 Å². The average molecular weight is 500 g/mol. The van der Waals surface area contributed by atoms with Crippen molar-refractivity contribution in [1.29, 1.82) is 0 Å². The fourth-order valence-corrected chi connectivity index (χ4v) is 4.86. The number of carbonyl (C=O) groups is 1. The zero-order chi connectivity index (χ0) is 22.2. The molecule has 0 atom stereocenters. The largest absolute Gasteiger partial charge is 0.451 e. The summed E-state index contributed by atoms with van der Waals surface area (Å²) < 4.78 is 6.82. The summed E-state index contributed by atoms with van der Waals surface area (Å²) in [6.07, 6.45) is 0. The molecule has 8 heteroatoms. The van der Waals surface area contributed by atoms with Crippen molar-refractivity contribution in [2.24, 2.45) is 0 Å². The number of aromatic nitrogens is 1. The molecule has 1 N–H and O–H groups in total. The molecular formula is C24H13Cl3N2O2S. The van der Waals surface area contributed by atoms with Crippen LogP contribution < -0.4 is 5.32 Å². The Bertz CT molecular complexity index is 1440. The lowest BCUT2D eigenvalue weighted by Gasteiger charge is -2.08. The second-order valence-corrected chi connectivity index (χ2v) is 9.21. The summed E-state index contributed by atoms with van der Waals surface area (Å²) in [6, 6.07) is 21.7. The minimum atomic E-state index is -0.426. The summed E-state index contributed by atoms with van der Waals surface area (Å²) in [5.74, 6) is 0.170. The Hall–Kier alpha value is -2.83. The van der Waals surface area contributed by atoms with Crippen LogP contribution in [0.1, 0.15) is 10.6 Å². The molecule has 0 radical (unpaired) electrons. The minimum Gasteiger partial charge on any atom is -0.451 e. The number of thiazole rings is 1. The number of rotatable bonds is 4. The van der Waals surface area contributed by atoms with E-state index in [-0.39, 0.29) is 5.76 Å². The Morgan fingerprint density at radius 3 is 2.56 bits per heavy atom. The number of para-hydroxylation sites is 1. The molecule has 158 valence electrons. The molecule has 0 bridgehead atoms. The third-order valence-corrected chi connectivity index (χ3v) is 6.74. The van der Waals surface area contributed by atoms with Gasteiger partial charge < -0.3 is 9.73 Å². The standard InChI is InChI=1S/C24H13Cl3N2O2S/c25-14-6-7-15(17(27)12-14)20-9-10-21(31-20)23(30)28-19-11-13(5-8-16(19)26)24-29-18-3-1-2-4-22(18)32-24/h1-12H,(H,28,30). The Morgan fingerprint density at radius 2 is 1.75 bits per heavy atom. The highest BCUT2D eigenvalue weighted by molar-refractivity contribution is 7.21. The third-order valence-electron chi connectivity index (χ3n) is 4.78. The molecule has 1 amide bonds. The van der Waals surface area contributed by atoms with Crippen LogP contribution in [0.2, 0.25) is 15.1 Å². The molecule has 5 aromatic rings. The second-order valence-electron chi connectivity index (χ2n) is 6.92. The molecule has 5 rings (SSSR count). The molecule has 0 saturated heterocycles. The summed E-state index contributed by atoms with van der Waals surface area (Å²) in [7, 11) is 0. The number of hydrogen-bond acceptors (Lipinski definition) is 4. The molecule has 2 heterocycles. The molecule has 4 nitrogen and oxygen atoms in total. The van der Waals surface area contributed by atoms with Gasteiger partial charge in [0.2, 0.25) is 0 Å². The maximum atomic E-state index is 12.8. The average Bonchev–Trinajstić information content (AvgIpc) is 3.42. The van der Waals surface area contributed by atoms with E-state index in [2.05, 4.69) is 10.3 Å². The predicted molar refractivity (Wildman–Crippen MR) is 132 cm³/mol. The minimum absolute atomic E-state index is 0.132. The number of amides is 1. The van der Waals surface area contributed by atoms with Gasteiger partial charge in [0, 0.05) is 16.1 Å². The first-order valence-corrected chi connectivity index (χ1v) is 11.4. The monoisotopic (exact) mass is 498 g/mol. The van der Waals surface area contributed by atoms with Crippen molar-refractivity contribution < 1.29 is 9.21 Å². The smallest absolute Gasteiger partial charge is 0.291 e. The van der Waals surface area contributed by atoms with E-state index >= 15 is 0 Å². The van der Waals surface area contributed by atoms with E-state index in [4.69, 9.17) is 39.2 Å². The molecule has 0 fully saturated rings. The molecule has 0 spiro atoms. The van der Waals surface area contributed by atoms with Crippen LogP contribution in [0.5, 0.6) is 0 Å². The lowest BCUT2D eigenvalue weighted by molar-refractivity contribution is 0.0997. The quantitative estimate of drug-likeness (QED) is 0.270. The van der Waals surface area contributed by atoms with Crippen molar-refractivity contribution in [3.63, 3.8) is 0 Å². The molecule has 0 unspecified atom stereocenters. The van der Waals surface area contributed by atoms with Crippen LogP contribution in [-0.4, -0.2) is 10.9 Å². The number of hydrogen-bond donors (Lipinski definition) is 1. The zero-order valence-corrected chi connectivity index (χ0v) is 19.3. The Labute approximate surface area is 202 Å². The number of fused-ring (bicyclic) bond motifs is 1. The van der Waals surface area contributed by atoms with Crippen molar-refractivity contribution in [1.82, 2.24) is 4.98 Å². The Kier molecular flexibility index (Phi) is 5.66. The first-order chi connectivity index (χ1) is 15.5. The number of nitrogens with zero attached hydrogens (tertiary/aromatic N) is 1. The van der Waals surface area contributed by atoms with Gasteiger partial charge in [-0.1, -0.05) is 53.0 Å². The van der Waals surface area contributed by atoms with E-state index in [1.165, 1.54) is 0 Å². The van der Waals surface area contributed by atoms with Gasteiger partial charge in [-0.3, -0.25) is 4.79 Å². The number of benzene rings is 3. The fourth-order valence-electron chi connectivity index (χ4n) is 3.23. The van der Waals surface area contributed by atoms with Gasteiger partial charge >= 0.3 is 0 Å². The normalized spacial score (nSPS) is 11.1. The molecule has 0 aliphatic rings. The molecular weight excluding hydrogens is 487 g/mol. The lowest BCUT2D eigenvalue weighted by Crippen LogP contribution is -2.11. The van der Waals surface area contributed by atoms with Crippen LogP contribution in [0.4, 0.5) is 5.69 Å². The first-order valence-electron chi connectivity index (χ1n) is 9.50. The van der Waals surface area contributed by atoms with E-state index in [1.54, 1.807) is 53.8 Å².